The highest BCUT2D eigenvalue weighted by Crippen LogP contribution is 2.39. The lowest BCUT2D eigenvalue weighted by molar-refractivity contribution is -0.143. The Morgan fingerprint density at radius 1 is 1.06 bits per heavy atom. The molecule has 162 valence electrons. The quantitative estimate of drug-likeness (QED) is 0.338. The van der Waals surface area contributed by atoms with Gasteiger partial charge in [-0.2, -0.15) is 10.2 Å². The van der Waals surface area contributed by atoms with Gasteiger partial charge in [-0.15, -0.1) is 0 Å². The van der Waals surface area contributed by atoms with E-state index in [0.717, 1.165) is 22.2 Å². The van der Waals surface area contributed by atoms with E-state index < -0.39 is 11.9 Å². The van der Waals surface area contributed by atoms with E-state index in [9.17, 15) is 14.7 Å². The Kier molecular flexibility index (Phi) is 7.11. The molecular weight excluding hydrogens is 528 g/mol. The van der Waals surface area contributed by atoms with E-state index in [1.165, 1.54) is 0 Å². The molecule has 1 N–H and O–H groups in total. The third kappa shape index (κ3) is 5.13. The predicted octanol–water partition coefficient (Wildman–Crippen LogP) is 6.49. The maximum atomic E-state index is 12.7. The molecule has 6 nitrogen and oxygen atoms in total. The van der Waals surface area contributed by atoms with Gasteiger partial charge in [-0.1, -0.05) is 13.8 Å². The minimum absolute atomic E-state index is 0.0591. The van der Waals surface area contributed by atoms with Gasteiger partial charge in [-0.05, 0) is 87.5 Å². The molecule has 31 heavy (non-hydrogen) atoms. The number of ketones is 1. The van der Waals surface area contributed by atoms with Crippen LogP contribution in [0.3, 0.4) is 0 Å². The minimum atomic E-state index is -0.965. The van der Waals surface area contributed by atoms with Crippen LogP contribution in [0.15, 0.2) is 39.3 Å². The molecule has 3 rings (SSSR count). The zero-order valence-electron chi connectivity index (χ0n) is 17.6. The molecule has 0 radical (unpaired) electrons. The first-order valence-corrected chi connectivity index (χ1v) is 11.3. The van der Waals surface area contributed by atoms with Gasteiger partial charge in [0.15, 0.2) is 11.5 Å². The highest BCUT2D eigenvalue weighted by molar-refractivity contribution is 9.11. The van der Waals surface area contributed by atoms with Crippen molar-refractivity contribution in [2.24, 2.45) is 11.8 Å². The largest absolute Gasteiger partial charge is 0.481 e. The normalized spacial score (nSPS) is 12.2. The van der Waals surface area contributed by atoms with E-state index in [0.29, 0.717) is 26.0 Å². The maximum Gasteiger partial charge on any atom is 0.307 e. The number of nitrogens with zero attached hydrogens (tertiary/aromatic N) is 2. The van der Waals surface area contributed by atoms with E-state index in [1.54, 1.807) is 26.0 Å². The second-order valence-electron chi connectivity index (χ2n) is 7.78. The number of carboxylic acid groups (broad SMARTS) is 1. The molecule has 1 unspecified atom stereocenters. The lowest BCUT2D eigenvalue weighted by Gasteiger charge is -2.16. The topological polar surface area (TPSA) is 89.4 Å². The van der Waals surface area contributed by atoms with Crippen molar-refractivity contribution in [3.05, 3.63) is 56.1 Å². The van der Waals surface area contributed by atoms with Gasteiger partial charge in [0, 0.05) is 17.4 Å². The zero-order valence-corrected chi connectivity index (χ0v) is 20.7. The molecular formula is C23H22Br2N2O4. The number of fused-ring (bicyclic) bond motifs is 1. The Labute approximate surface area is 197 Å². The van der Waals surface area contributed by atoms with E-state index >= 15 is 0 Å². The Morgan fingerprint density at radius 3 is 2.29 bits per heavy atom. The van der Waals surface area contributed by atoms with Gasteiger partial charge < -0.3 is 9.84 Å². The van der Waals surface area contributed by atoms with Gasteiger partial charge in [0.25, 0.3) is 0 Å². The molecule has 8 heteroatoms. The molecule has 1 aromatic heterocycles. The first kappa shape index (κ1) is 23.3. The summed E-state index contributed by atoms with van der Waals surface area (Å²) in [5.41, 5.74) is 3.09. The van der Waals surface area contributed by atoms with Gasteiger partial charge in [0.2, 0.25) is 0 Å². The number of aromatic nitrogens is 2. The van der Waals surface area contributed by atoms with Crippen LogP contribution in [0.4, 0.5) is 0 Å². The standard InChI is InChI=1S/C23H22Br2N2O4/c1-11(2)16(23(29)30)10-21(28)14-7-18(24)22(19(25)8-14)31-15-5-6-20-17(9-15)12(3)13(4)26-27-20/h5-9,11,16H,10H2,1-4H3,(H,29,30). The van der Waals surface area contributed by atoms with Crippen molar-refractivity contribution in [3.63, 3.8) is 0 Å². The summed E-state index contributed by atoms with van der Waals surface area (Å²) in [7, 11) is 0. The molecule has 0 saturated carbocycles. The number of aryl methyl sites for hydroxylation is 2. The summed E-state index contributed by atoms with van der Waals surface area (Å²) < 4.78 is 7.26. The minimum Gasteiger partial charge on any atom is -0.481 e. The van der Waals surface area contributed by atoms with Gasteiger partial charge in [0.05, 0.1) is 26.1 Å². The first-order valence-electron chi connectivity index (χ1n) is 9.75. The predicted molar refractivity (Wildman–Crippen MR) is 126 cm³/mol. The van der Waals surface area contributed by atoms with Gasteiger partial charge in [0.1, 0.15) is 5.75 Å². The number of benzene rings is 2. The Bertz CT molecular complexity index is 1150. The van der Waals surface area contributed by atoms with Crippen molar-refractivity contribution < 1.29 is 19.4 Å². The van der Waals surface area contributed by atoms with Crippen molar-refractivity contribution in [2.75, 3.05) is 0 Å². The number of rotatable bonds is 7. The molecule has 1 heterocycles. The number of carboxylic acids is 1. The molecule has 1 atom stereocenters. The van der Waals surface area contributed by atoms with E-state index in [-0.39, 0.29) is 18.1 Å². The fourth-order valence-electron chi connectivity index (χ4n) is 3.23. The molecule has 0 amide bonds. The summed E-state index contributed by atoms with van der Waals surface area (Å²) in [5.74, 6) is -0.924. The van der Waals surface area contributed by atoms with Gasteiger partial charge in [-0.3, -0.25) is 9.59 Å². The average molecular weight is 550 g/mol. The van der Waals surface area contributed by atoms with E-state index in [1.807, 2.05) is 32.0 Å². The molecule has 0 aliphatic heterocycles. The molecule has 2 aromatic carbocycles. The monoisotopic (exact) mass is 548 g/mol. The Hall–Kier alpha value is -2.32. The number of carbonyl (C=O) groups is 2. The average Bonchev–Trinajstić information content (AvgIpc) is 2.71. The summed E-state index contributed by atoms with van der Waals surface area (Å²) in [4.78, 5) is 24.1. The lowest BCUT2D eigenvalue weighted by Crippen LogP contribution is -2.23. The summed E-state index contributed by atoms with van der Waals surface area (Å²) >= 11 is 6.96. The van der Waals surface area contributed by atoms with Crippen molar-refractivity contribution in [1.82, 2.24) is 10.2 Å². The molecule has 0 fully saturated rings. The molecule has 0 spiro atoms. The highest BCUT2D eigenvalue weighted by atomic mass is 79.9. The molecule has 0 aliphatic rings. The van der Waals surface area contributed by atoms with Crippen molar-refractivity contribution in [2.45, 2.75) is 34.1 Å². The number of ether oxygens (including phenoxy) is 1. The SMILES string of the molecule is Cc1nnc2ccc(Oc3c(Br)cc(C(=O)CC(C(=O)O)C(C)C)cc3Br)cc2c1C. The van der Waals surface area contributed by atoms with Crippen LogP contribution in [0.5, 0.6) is 11.5 Å². The smallest absolute Gasteiger partial charge is 0.307 e. The zero-order chi connectivity index (χ0) is 22.9. The summed E-state index contributed by atoms with van der Waals surface area (Å²) in [5, 5.41) is 18.7. The fraction of sp³-hybridized carbons (Fsp3) is 0.304. The number of carbonyl (C=O) groups excluding carboxylic acids is 1. The van der Waals surface area contributed by atoms with Gasteiger partial charge in [-0.25, -0.2) is 0 Å². The van der Waals surface area contributed by atoms with Crippen LogP contribution < -0.4 is 4.74 Å². The summed E-state index contributed by atoms with van der Waals surface area (Å²) in [6.45, 7) is 7.50. The molecule has 0 saturated heterocycles. The number of Topliss-reactive ketones (excluding diaryl/α,β-unsaturated/α-hetero) is 1. The van der Waals surface area contributed by atoms with Crippen LogP contribution >= 0.6 is 31.9 Å². The van der Waals surface area contributed by atoms with Gasteiger partial charge >= 0.3 is 5.97 Å². The molecule has 3 aromatic rings. The summed E-state index contributed by atoms with van der Waals surface area (Å²) in [6.07, 6.45) is -0.0591. The third-order valence-corrected chi connectivity index (χ3v) is 6.47. The Morgan fingerprint density at radius 2 is 1.71 bits per heavy atom. The highest BCUT2D eigenvalue weighted by Gasteiger charge is 2.26. The number of hydrogen-bond donors (Lipinski definition) is 1. The fourth-order valence-corrected chi connectivity index (χ4v) is 4.58. The third-order valence-electron chi connectivity index (χ3n) is 5.29. The van der Waals surface area contributed by atoms with Crippen LogP contribution in [-0.2, 0) is 4.79 Å². The van der Waals surface area contributed by atoms with Crippen LogP contribution in [0.1, 0.15) is 41.9 Å². The number of halogens is 2. The second kappa shape index (κ2) is 9.44. The van der Waals surface area contributed by atoms with E-state index in [2.05, 4.69) is 42.1 Å². The maximum absolute atomic E-state index is 12.7. The number of aliphatic carboxylic acids is 1. The molecule has 0 aliphatic carbocycles. The van der Waals surface area contributed by atoms with Crippen LogP contribution in [-0.4, -0.2) is 27.1 Å². The van der Waals surface area contributed by atoms with E-state index in [4.69, 9.17) is 4.74 Å². The Balaban J connectivity index is 1.89. The van der Waals surface area contributed by atoms with Crippen LogP contribution in [0, 0.1) is 25.7 Å². The van der Waals surface area contributed by atoms with Crippen molar-refractivity contribution in [3.8, 4) is 11.5 Å². The number of hydrogen-bond acceptors (Lipinski definition) is 5. The first-order chi connectivity index (χ1) is 14.6. The second-order valence-corrected chi connectivity index (χ2v) is 9.49. The van der Waals surface area contributed by atoms with Crippen molar-refractivity contribution >= 4 is 54.5 Å². The summed E-state index contributed by atoms with van der Waals surface area (Å²) in [6, 6.07) is 8.88. The lowest BCUT2D eigenvalue weighted by atomic mass is 9.89. The van der Waals surface area contributed by atoms with Crippen LogP contribution in [0.2, 0.25) is 0 Å². The van der Waals surface area contributed by atoms with Crippen LogP contribution in [0.25, 0.3) is 10.9 Å². The molecule has 0 bridgehead atoms. The van der Waals surface area contributed by atoms with Crippen molar-refractivity contribution in [1.29, 1.82) is 0 Å².